The number of ether oxygens (including phenoxy) is 1. The highest BCUT2D eigenvalue weighted by Crippen LogP contribution is 2.44. The molecular weight excluding hydrogens is 380 g/mol. The van der Waals surface area contributed by atoms with Crippen LogP contribution in [0.2, 0.25) is 0 Å². The van der Waals surface area contributed by atoms with Crippen LogP contribution < -0.4 is 10.2 Å². The van der Waals surface area contributed by atoms with Gasteiger partial charge >= 0.3 is 12.1 Å². The molecule has 2 aromatic carbocycles. The molecule has 28 heavy (non-hydrogen) atoms. The molecule has 0 spiro atoms. The van der Waals surface area contributed by atoms with Crippen molar-refractivity contribution in [2.75, 3.05) is 13.2 Å². The largest absolute Gasteiger partial charge is 0.480 e. The summed E-state index contributed by atoms with van der Waals surface area (Å²) >= 11 is 5.38. The zero-order valence-electron chi connectivity index (χ0n) is 15.4. The van der Waals surface area contributed by atoms with Gasteiger partial charge in [0.05, 0.1) is 0 Å². The third-order valence-corrected chi connectivity index (χ3v) is 5.14. The molecule has 1 atom stereocenters. The quantitative estimate of drug-likeness (QED) is 0.437. The Kier molecular flexibility index (Phi) is 6.90. The van der Waals surface area contributed by atoms with E-state index in [1.54, 1.807) is 0 Å². The summed E-state index contributed by atoms with van der Waals surface area (Å²) in [6.07, 6.45) is 0.947. The van der Waals surface area contributed by atoms with Gasteiger partial charge in [-0.05, 0) is 53.3 Å². The van der Waals surface area contributed by atoms with E-state index in [0.717, 1.165) is 28.7 Å². The maximum Gasteiger partial charge on any atom is 0.407 e. The number of carbonyl (C=O) groups excluding carboxylic acids is 1. The molecule has 148 valence electrons. The lowest BCUT2D eigenvalue weighted by Crippen LogP contribution is -2.41. The molecule has 0 saturated carbocycles. The van der Waals surface area contributed by atoms with E-state index in [0.29, 0.717) is 19.4 Å². The standard InChI is InChI=1S/C21H23ClN2O4/c22-23-12-6-5-11-19(20(25)26)24-21(27)28-13-18-16-9-3-1-7-14(16)15-8-2-4-10-17(15)18/h1-4,7-10,18-19,23H,5-6,11-13H2,(H,24,27)(H,25,26)/t19-/m0/s1. The van der Waals surface area contributed by atoms with E-state index in [4.69, 9.17) is 16.5 Å². The number of carboxylic acids is 1. The third kappa shape index (κ3) is 4.64. The zero-order valence-corrected chi connectivity index (χ0v) is 16.1. The van der Waals surface area contributed by atoms with Gasteiger partial charge in [0.25, 0.3) is 0 Å². The first-order valence-electron chi connectivity index (χ1n) is 9.29. The van der Waals surface area contributed by atoms with Crippen molar-refractivity contribution in [1.82, 2.24) is 10.2 Å². The molecule has 0 aromatic heterocycles. The smallest absolute Gasteiger partial charge is 0.407 e. The number of nitrogens with one attached hydrogen (secondary N) is 2. The molecule has 0 bridgehead atoms. The monoisotopic (exact) mass is 402 g/mol. The highest BCUT2D eigenvalue weighted by molar-refractivity contribution is 6.13. The Balaban J connectivity index is 1.60. The van der Waals surface area contributed by atoms with Crippen LogP contribution in [0.3, 0.4) is 0 Å². The fourth-order valence-electron chi connectivity index (χ4n) is 3.58. The number of benzene rings is 2. The van der Waals surface area contributed by atoms with E-state index >= 15 is 0 Å². The maximum atomic E-state index is 12.2. The minimum Gasteiger partial charge on any atom is -0.480 e. The van der Waals surface area contributed by atoms with Crippen LogP contribution >= 0.6 is 11.8 Å². The van der Waals surface area contributed by atoms with Gasteiger partial charge in [-0.15, -0.1) is 0 Å². The van der Waals surface area contributed by atoms with Gasteiger partial charge in [-0.2, -0.15) is 0 Å². The summed E-state index contributed by atoms with van der Waals surface area (Å²) in [5.41, 5.74) is 4.51. The van der Waals surface area contributed by atoms with E-state index in [2.05, 4.69) is 22.3 Å². The summed E-state index contributed by atoms with van der Waals surface area (Å²) in [5.74, 6) is -1.14. The number of carboxylic acid groups (broad SMARTS) is 1. The van der Waals surface area contributed by atoms with Crippen LogP contribution in [0.1, 0.15) is 36.3 Å². The predicted octanol–water partition coefficient (Wildman–Crippen LogP) is 3.89. The number of unbranched alkanes of at least 4 members (excludes halogenated alkanes) is 1. The summed E-state index contributed by atoms with van der Waals surface area (Å²) in [7, 11) is 0. The summed E-state index contributed by atoms with van der Waals surface area (Å²) in [6, 6.07) is 15.1. The average molecular weight is 403 g/mol. The maximum absolute atomic E-state index is 12.2. The molecule has 2 aromatic rings. The van der Waals surface area contributed by atoms with E-state index in [9.17, 15) is 14.7 Å². The topological polar surface area (TPSA) is 87.7 Å². The van der Waals surface area contributed by atoms with Crippen molar-refractivity contribution in [1.29, 1.82) is 0 Å². The number of carbonyl (C=O) groups is 2. The lowest BCUT2D eigenvalue weighted by Gasteiger charge is -2.17. The number of alkyl carbamates (subject to hydrolysis) is 1. The van der Waals surface area contributed by atoms with Crippen molar-refractivity contribution in [3.63, 3.8) is 0 Å². The van der Waals surface area contributed by atoms with Crippen LogP contribution in [0.5, 0.6) is 0 Å². The van der Waals surface area contributed by atoms with Crippen LogP contribution in [-0.4, -0.2) is 36.4 Å². The van der Waals surface area contributed by atoms with Gasteiger partial charge in [-0.3, -0.25) is 0 Å². The summed E-state index contributed by atoms with van der Waals surface area (Å²) in [4.78, 5) is 26.1. The normalized spacial score (nSPS) is 13.5. The zero-order chi connectivity index (χ0) is 19.9. The molecule has 0 radical (unpaired) electrons. The molecule has 0 fully saturated rings. The molecule has 3 rings (SSSR count). The SMILES string of the molecule is O=C(N[C@@H](CCCCNCl)C(=O)O)OCC1c2ccccc2-c2ccccc21. The molecule has 1 aliphatic carbocycles. The van der Waals surface area contributed by atoms with Gasteiger partial charge in [-0.1, -0.05) is 48.5 Å². The number of aliphatic carboxylic acids is 1. The van der Waals surface area contributed by atoms with Crippen LogP contribution in [0, 0.1) is 0 Å². The number of hydrogen-bond acceptors (Lipinski definition) is 4. The molecule has 0 heterocycles. The van der Waals surface area contributed by atoms with Crippen molar-refractivity contribution >= 4 is 23.8 Å². The highest BCUT2D eigenvalue weighted by Gasteiger charge is 2.29. The predicted molar refractivity (Wildman–Crippen MR) is 107 cm³/mol. The van der Waals surface area contributed by atoms with Gasteiger partial charge in [-0.25, -0.2) is 14.4 Å². The summed E-state index contributed by atoms with van der Waals surface area (Å²) in [5, 5.41) is 11.8. The Morgan fingerprint density at radius 1 is 1.04 bits per heavy atom. The first kappa shape index (κ1) is 20.2. The number of amides is 1. The van der Waals surface area contributed by atoms with Crippen molar-refractivity contribution in [2.45, 2.75) is 31.2 Å². The van der Waals surface area contributed by atoms with Gasteiger partial charge in [0.2, 0.25) is 0 Å². The van der Waals surface area contributed by atoms with Crippen molar-refractivity contribution < 1.29 is 19.4 Å². The summed E-state index contributed by atoms with van der Waals surface area (Å²) in [6.45, 7) is 0.737. The number of rotatable bonds is 9. The number of hydrogen-bond donors (Lipinski definition) is 3. The molecular formula is C21H23ClN2O4. The molecule has 7 heteroatoms. The number of fused-ring (bicyclic) bond motifs is 3. The van der Waals surface area contributed by atoms with E-state index in [1.807, 2.05) is 36.4 Å². The fourth-order valence-corrected chi connectivity index (χ4v) is 3.71. The lowest BCUT2D eigenvalue weighted by molar-refractivity contribution is -0.139. The van der Waals surface area contributed by atoms with Crippen molar-refractivity contribution in [3.8, 4) is 11.1 Å². The molecule has 0 saturated heterocycles. The molecule has 1 aliphatic rings. The van der Waals surface area contributed by atoms with Crippen LogP contribution in [0.15, 0.2) is 48.5 Å². The Morgan fingerprint density at radius 2 is 1.64 bits per heavy atom. The number of halogens is 1. The Morgan fingerprint density at radius 3 is 2.21 bits per heavy atom. The van der Waals surface area contributed by atoms with Crippen LogP contribution in [0.4, 0.5) is 4.79 Å². The van der Waals surface area contributed by atoms with Crippen molar-refractivity contribution in [2.24, 2.45) is 0 Å². The second-order valence-electron chi connectivity index (χ2n) is 6.74. The minimum absolute atomic E-state index is 0.0591. The summed E-state index contributed by atoms with van der Waals surface area (Å²) < 4.78 is 5.40. The van der Waals surface area contributed by atoms with Gasteiger partial charge in [0.15, 0.2) is 0 Å². The van der Waals surface area contributed by atoms with Gasteiger partial charge in [0, 0.05) is 12.5 Å². The molecule has 0 unspecified atom stereocenters. The molecule has 1 amide bonds. The average Bonchev–Trinajstić information content (AvgIpc) is 3.02. The Bertz CT molecular complexity index is 797. The Labute approximate surface area is 169 Å². The molecule has 0 aliphatic heterocycles. The molecule has 3 N–H and O–H groups in total. The first-order valence-corrected chi connectivity index (χ1v) is 9.67. The van der Waals surface area contributed by atoms with E-state index in [-0.39, 0.29) is 12.5 Å². The van der Waals surface area contributed by atoms with Gasteiger partial charge in [0.1, 0.15) is 12.6 Å². The second kappa shape index (κ2) is 9.57. The van der Waals surface area contributed by atoms with E-state index in [1.165, 1.54) is 0 Å². The lowest BCUT2D eigenvalue weighted by atomic mass is 9.98. The van der Waals surface area contributed by atoms with E-state index < -0.39 is 18.1 Å². The van der Waals surface area contributed by atoms with Crippen LogP contribution in [0.25, 0.3) is 11.1 Å². The van der Waals surface area contributed by atoms with Crippen LogP contribution in [-0.2, 0) is 9.53 Å². The second-order valence-corrected chi connectivity index (χ2v) is 7.01. The first-order chi connectivity index (χ1) is 13.6. The minimum atomic E-state index is -1.08. The Hall–Kier alpha value is -2.57. The van der Waals surface area contributed by atoms with Gasteiger partial charge < -0.3 is 15.2 Å². The highest BCUT2D eigenvalue weighted by atomic mass is 35.5. The van der Waals surface area contributed by atoms with Crippen molar-refractivity contribution in [3.05, 3.63) is 59.7 Å². The third-order valence-electron chi connectivity index (χ3n) is 4.95. The fraction of sp³-hybridized carbons (Fsp3) is 0.333. The molecule has 6 nitrogen and oxygen atoms in total.